The molecule has 33 heavy (non-hydrogen) atoms. The van der Waals surface area contributed by atoms with Crippen LogP contribution in [0.3, 0.4) is 0 Å². The molecule has 0 N–H and O–H groups in total. The van der Waals surface area contributed by atoms with E-state index in [1.807, 2.05) is 56.3 Å². The molecular weight excluding hydrogens is 438 g/mol. The molecule has 2 aromatic carbocycles. The van der Waals surface area contributed by atoms with Crippen LogP contribution in [-0.2, 0) is 4.79 Å². The first-order valence-electron chi connectivity index (χ1n) is 11.2. The smallest absolute Gasteiger partial charge is 0.265 e. The molecule has 0 fully saturated rings. The molecule has 3 aliphatic rings. The van der Waals surface area contributed by atoms with Crippen LogP contribution >= 0.6 is 11.8 Å². The van der Waals surface area contributed by atoms with Crippen LogP contribution in [0.5, 0.6) is 17.2 Å². The Labute approximate surface area is 198 Å². The maximum absolute atomic E-state index is 12.8. The van der Waals surface area contributed by atoms with E-state index in [1.54, 1.807) is 16.7 Å². The fourth-order valence-electron chi connectivity index (χ4n) is 4.12. The second-order valence-electron chi connectivity index (χ2n) is 8.27. The predicted octanol–water partition coefficient (Wildman–Crippen LogP) is 4.39. The van der Waals surface area contributed by atoms with Gasteiger partial charge in [0.2, 0.25) is 0 Å². The maximum Gasteiger partial charge on any atom is 0.265 e. The summed E-state index contributed by atoms with van der Waals surface area (Å²) < 4.78 is 17.9. The maximum atomic E-state index is 12.8. The van der Waals surface area contributed by atoms with E-state index in [1.165, 1.54) is 0 Å². The number of fused-ring (bicyclic) bond motifs is 2. The van der Waals surface area contributed by atoms with Gasteiger partial charge in [0.05, 0.1) is 30.6 Å². The SMILES string of the molecule is CC(C)Oc1cc(C2=CSC3=NCCN23)c2c(c1)N(CCCOc1ccccc1)C(=O)CO2. The first kappa shape index (κ1) is 21.7. The van der Waals surface area contributed by atoms with E-state index in [4.69, 9.17) is 14.2 Å². The van der Waals surface area contributed by atoms with Gasteiger partial charge in [-0.3, -0.25) is 9.79 Å². The normalized spacial score (nSPS) is 16.9. The van der Waals surface area contributed by atoms with Crippen molar-refractivity contribution in [2.75, 3.05) is 37.7 Å². The van der Waals surface area contributed by atoms with Crippen LogP contribution in [0, 0.1) is 0 Å². The lowest BCUT2D eigenvalue weighted by atomic mass is 10.1. The number of carbonyl (C=O) groups is 1. The summed E-state index contributed by atoms with van der Waals surface area (Å²) in [7, 11) is 0. The highest BCUT2D eigenvalue weighted by Crippen LogP contribution is 2.46. The van der Waals surface area contributed by atoms with Crippen molar-refractivity contribution in [3.05, 3.63) is 53.4 Å². The Balaban J connectivity index is 1.41. The number of hydrogen-bond acceptors (Lipinski definition) is 7. The number of amides is 1. The van der Waals surface area contributed by atoms with Crippen molar-refractivity contribution in [1.29, 1.82) is 0 Å². The Hall–Kier alpha value is -3.13. The zero-order valence-corrected chi connectivity index (χ0v) is 19.6. The topological polar surface area (TPSA) is 63.6 Å². The molecule has 3 heterocycles. The molecule has 0 spiro atoms. The van der Waals surface area contributed by atoms with Crippen LogP contribution in [0.25, 0.3) is 5.70 Å². The number of carbonyl (C=O) groups excluding carboxylic acids is 1. The molecule has 0 saturated heterocycles. The zero-order valence-electron chi connectivity index (χ0n) is 18.8. The number of anilines is 1. The minimum absolute atomic E-state index is 0.0136. The second kappa shape index (κ2) is 9.39. The molecule has 0 unspecified atom stereocenters. The molecule has 7 nitrogen and oxygen atoms in total. The summed E-state index contributed by atoms with van der Waals surface area (Å²) in [5.74, 6) is 2.20. The first-order chi connectivity index (χ1) is 16.1. The lowest BCUT2D eigenvalue weighted by Crippen LogP contribution is -2.40. The summed E-state index contributed by atoms with van der Waals surface area (Å²) in [6.45, 7) is 6.70. The van der Waals surface area contributed by atoms with Gasteiger partial charge in [-0.15, -0.1) is 0 Å². The highest BCUT2D eigenvalue weighted by Gasteiger charge is 2.34. The number of nitrogens with zero attached hydrogens (tertiary/aromatic N) is 3. The lowest BCUT2D eigenvalue weighted by molar-refractivity contribution is -0.121. The molecule has 5 rings (SSSR count). The minimum Gasteiger partial charge on any atom is -0.494 e. The summed E-state index contributed by atoms with van der Waals surface area (Å²) in [6.07, 6.45) is 0.714. The van der Waals surface area contributed by atoms with Crippen LogP contribution < -0.4 is 19.1 Å². The van der Waals surface area contributed by atoms with Gasteiger partial charge in [-0.05, 0) is 38.5 Å². The standard InChI is InChI=1S/C25H27N3O4S/c1-17(2)32-19-13-20(22-16-33-25-26-9-11-28(22)25)24-21(14-19)27(23(29)15-31-24)10-6-12-30-18-7-4-3-5-8-18/h3-5,7-8,13-14,16-17H,6,9-12,15H2,1-2H3. The molecule has 2 aromatic rings. The van der Waals surface area contributed by atoms with Crippen LogP contribution in [0.2, 0.25) is 0 Å². The number of thioether (sulfide) groups is 1. The Morgan fingerprint density at radius 3 is 2.85 bits per heavy atom. The molecular formula is C25H27N3O4S. The summed E-state index contributed by atoms with van der Waals surface area (Å²) in [5.41, 5.74) is 2.72. The molecule has 1 amide bonds. The first-order valence-corrected chi connectivity index (χ1v) is 12.1. The van der Waals surface area contributed by atoms with Crippen LogP contribution in [0.1, 0.15) is 25.8 Å². The quantitative estimate of drug-likeness (QED) is 0.539. The van der Waals surface area contributed by atoms with E-state index in [2.05, 4.69) is 15.3 Å². The molecule has 0 aromatic heterocycles. The summed E-state index contributed by atoms with van der Waals surface area (Å²) >= 11 is 1.62. The van der Waals surface area contributed by atoms with Crippen molar-refractivity contribution in [2.24, 2.45) is 4.99 Å². The van der Waals surface area contributed by atoms with Gasteiger partial charge in [0.1, 0.15) is 11.5 Å². The molecule has 0 aliphatic carbocycles. The van der Waals surface area contributed by atoms with Crippen LogP contribution in [0.4, 0.5) is 5.69 Å². The number of rotatable bonds is 8. The number of hydrogen-bond donors (Lipinski definition) is 0. The third-order valence-electron chi connectivity index (χ3n) is 5.53. The van der Waals surface area contributed by atoms with Crippen molar-refractivity contribution >= 4 is 34.2 Å². The number of amidine groups is 1. The van der Waals surface area contributed by atoms with Gasteiger partial charge in [-0.25, -0.2) is 0 Å². The fourth-order valence-corrected chi connectivity index (χ4v) is 5.08. The summed E-state index contributed by atoms with van der Waals surface area (Å²) in [4.78, 5) is 21.4. The number of aliphatic imine (C=N–C) groups is 1. The Kier molecular flexibility index (Phi) is 6.17. The van der Waals surface area contributed by atoms with Crippen molar-refractivity contribution in [3.63, 3.8) is 0 Å². The van der Waals surface area contributed by atoms with Crippen LogP contribution in [-0.4, -0.2) is 54.9 Å². The highest BCUT2D eigenvalue weighted by molar-refractivity contribution is 8.16. The average Bonchev–Trinajstić information content (AvgIpc) is 3.42. The summed E-state index contributed by atoms with van der Waals surface area (Å²) in [6, 6.07) is 13.6. The van der Waals surface area contributed by atoms with Gasteiger partial charge in [0.25, 0.3) is 5.91 Å². The number of para-hydroxylation sites is 1. The summed E-state index contributed by atoms with van der Waals surface area (Å²) in [5, 5.41) is 3.11. The van der Waals surface area contributed by atoms with Crippen LogP contribution in [0.15, 0.2) is 52.9 Å². The minimum atomic E-state index is -0.0620. The molecule has 0 atom stereocenters. The molecule has 0 radical (unpaired) electrons. The highest BCUT2D eigenvalue weighted by atomic mass is 32.2. The third-order valence-corrected chi connectivity index (χ3v) is 6.43. The van der Waals surface area contributed by atoms with Gasteiger partial charge in [-0.1, -0.05) is 30.0 Å². The fraction of sp³-hybridized carbons (Fsp3) is 0.360. The van der Waals surface area contributed by atoms with E-state index >= 15 is 0 Å². The van der Waals surface area contributed by atoms with Gasteiger partial charge < -0.3 is 24.0 Å². The van der Waals surface area contributed by atoms with Crippen molar-refractivity contribution in [3.8, 4) is 17.2 Å². The Bertz CT molecular complexity index is 1100. The van der Waals surface area contributed by atoms with E-state index < -0.39 is 0 Å². The van der Waals surface area contributed by atoms with E-state index in [-0.39, 0.29) is 18.6 Å². The van der Waals surface area contributed by atoms with E-state index in [0.29, 0.717) is 19.6 Å². The molecule has 3 aliphatic heterocycles. The number of benzene rings is 2. The third kappa shape index (κ3) is 4.53. The Morgan fingerprint density at radius 2 is 2.03 bits per heavy atom. The Morgan fingerprint density at radius 1 is 1.18 bits per heavy atom. The molecule has 8 heteroatoms. The van der Waals surface area contributed by atoms with Crippen molar-refractivity contribution in [1.82, 2.24) is 4.90 Å². The van der Waals surface area contributed by atoms with Crippen molar-refractivity contribution in [2.45, 2.75) is 26.4 Å². The number of ether oxygens (including phenoxy) is 3. The van der Waals surface area contributed by atoms with Gasteiger partial charge in [-0.2, -0.15) is 0 Å². The van der Waals surface area contributed by atoms with E-state index in [0.717, 1.165) is 52.5 Å². The second-order valence-corrected chi connectivity index (χ2v) is 9.11. The monoisotopic (exact) mass is 465 g/mol. The van der Waals surface area contributed by atoms with Gasteiger partial charge >= 0.3 is 0 Å². The van der Waals surface area contributed by atoms with Gasteiger partial charge in [0, 0.05) is 30.1 Å². The lowest BCUT2D eigenvalue weighted by Gasteiger charge is -2.32. The molecule has 172 valence electrons. The van der Waals surface area contributed by atoms with Gasteiger partial charge in [0.15, 0.2) is 17.5 Å². The van der Waals surface area contributed by atoms with E-state index in [9.17, 15) is 4.79 Å². The average molecular weight is 466 g/mol. The molecule has 0 saturated carbocycles. The molecule has 0 bridgehead atoms. The van der Waals surface area contributed by atoms with Crippen molar-refractivity contribution < 1.29 is 19.0 Å². The largest absolute Gasteiger partial charge is 0.494 e. The zero-order chi connectivity index (χ0) is 22.8. The predicted molar refractivity (Wildman–Crippen MR) is 131 cm³/mol.